The van der Waals surface area contributed by atoms with Gasteiger partial charge in [-0.2, -0.15) is 0 Å². The van der Waals surface area contributed by atoms with Crippen LogP contribution >= 0.6 is 0 Å². The van der Waals surface area contributed by atoms with Gasteiger partial charge in [-0.25, -0.2) is 4.39 Å². The highest BCUT2D eigenvalue weighted by atomic mass is 19.1. The predicted octanol–water partition coefficient (Wildman–Crippen LogP) is 4.07. The zero-order valence-electron chi connectivity index (χ0n) is 20.4. The molecule has 4 aliphatic rings. The van der Waals surface area contributed by atoms with Gasteiger partial charge in [-0.05, 0) is 61.1 Å². The molecule has 3 fully saturated rings. The molecule has 0 spiro atoms. The monoisotopic (exact) mass is 476 g/mol. The molecule has 1 saturated carbocycles. The molecular formula is C28H33FN4O2. The quantitative estimate of drug-likeness (QED) is 0.723. The Labute approximate surface area is 206 Å². The first-order valence-electron chi connectivity index (χ1n) is 12.6. The Morgan fingerprint density at radius 1 is 1.03 bits per heavy atom. The van der Waals surface area contributed by atoms with Crippen molar-refractivity contribution in [3.05, 3.63) is 65.0 Å². The van der Waals surface area contributed by atoms with E-state index < -0.39 is 17.9 Å². The molecule has 2 bridgehead atoms. The first kappa shape index (κ1) is 23.7. The molecule has 1 aliphatic carbocycles. The average molecular weight is 477 g/mol. The third-order valence-electron chi connectivity index (χ3n) is 7.70. The summed E-state index contributed by atoms with van der Waals surface area (Å²) in [6.45, 7) is 5.48. The number of hydrogen-bond donors (Lipinski definition) is 1. The van der Waals surface area contributed by atoms with Crippen molar-refractivity contribution in [3.8, 4) is 0 Å². The third-order valence-corrected chi connectivity index (χ3v) is 7.70. The lowest BCUT2D eigenvalue weighted by Crippen LogP contribution is -2.49. The summed E-state index contributed by atoms with van der Waals surface area (Å²) in [5.74, 6) is 0.195. The van der Waals surface area contributed by atoms with Crippen molar-refractivity contribution in [2.45, 2.75) is 51.6 Å². The summed E-state index contributed by atoms with van der Waals surface area (Å²) in [6.07, 6.45) is 3.44. The summed E-state index contributed by atoms with van der Waals surface area (Å²) in [4.78, 5) is 35.1. The summed E-state index contributed by atoms with van der Waals surface area (Å²) >= 11 is 0. The minimum Gasteiger partial charge on any atom is -0.341 e. The van der Waals surface area contributed by atoms with Gasteiger partial charge in [-0.15, -0.1) is 0 Å². The van der Waals surface area contributed by atoms with E-state index in [2.05, 4.69) is 4.99 Å². The number of para-hydroxylation sites is 1. The average Bonchev–Trinajstić information content (AvgIpc) is 3.23. The number of rotatable bonds is 4. The third kappa shape index (κ3) is 4.49. The molecule has 184 valence electrons. The van der Waals surface area contributed by atoms with Gasteiger partial charge in [0.2, 0.25) is 5.91 Å². The number of benzodiazepines with no additional fused rings is 1. The second-order valence-corrected chi connectivity index (χ2v) is 10.4. The summed E-state index contributed by atoms with van der Waals surface area (Å²) in [6, 6.07) is 12.0. The van der Waals surface area contributed by atoms with Crippen LogP contribution in [0.3, 0.4) is 0 Å². The number of nitrogens with two attached hydrogens (primary N) is 1. The Morgan fingerprint density at radius 2 is 1.66 bits per heavy atom. The van der Waals surface area contributed by atoms with E-state index in [9.17, 15) is 14.0 Å². The van der Waals surface area contributed by atoms with Crippen LogP contribution in [0, 0.1) is 17.7 Å². The van der Waals surface area contributed by atoms with Gasteiger partial charge in [0.25, 0.3) is 5.91 Å². The molecule has 6 nitrogen and oxygen atoms in total. The van der Waals surface area contributed by atoms with Crippen LogP contribution in [0.5, 0.6) is 0 Å². The Hall–Kier alpha value is -3.06. The van der Waals surface area contributed by atoms with Gasteiger partial charge in [0.1, 0.15) is 12.4 Å². The maximum Gasteiger partial charge on any atom is 0.266 e. The zero-order valence-corrected chi connectivity index (χ0v) is 20.4. The molecule has 7 heteroatoms. The van der Waals surface area contributed by atoms with Crippen molar-refractivity contribution < 1.29 is 14.0 Å². The van der Waals surface area contributed by atoms with Crippen LogP contribution in [0.4, 0.5) is 10.1 Å². The van der Waals surface area contributed by atoms with Crippen LogP contribution in [0.2, 0.25) is 0 Å². The van der Waals surface area contributed by atoms with Gasteiger partial charge in [-0.3, -0.25) is 19.5 Å². The Kier molecular flexibility index (Phi) is 6.45. The fourth-order valence-electron chi connectivity index (χ4n) is 5.81. The van der Waals surface area contributed by atoms with E-state index in [4.69, 9.17) is 5.73 Å². The molecule has 2 aromatic carbocycles. The SMILES string of the molecule is CC(C)c1cccc2c1N(CC(=O)N1CC3CCC(CC3)C1)C(=O)[C@@H](N)N=C2c1ccccc1F. The highest BCUT2D eigenvalue weighted by Gasteiger charge is 2.37. The first-order valence-corrected chi connectivity index (χ1v) is 12.6. The highest BCUT2D eigenvalue weighted by molar-refractivity contribution is 6.21. The molecule has 0 radical (unpaired) electrons. The van der Waals surface area contributed by atoms with Gasteiger partial charge >= 0.3 is 0 Å². The lowest BCUT2D eigenvalue weighted by Gasteiger charge is -2.30. The topological polar surface area (TPSA) is 79.0 Å². The van der Waals surface area contributed by atoms with E-state index in [-0.39, 0.29) is 23.9 Å². The second-order valence-electron chi connectivity index (χ2n) is 10.4. The number of carbonyl (C=O) groups excluding carboxylic acids is 2. The lowest BCUT2D eigenvalue weighted by atomic mass is 9.84. The van der Waals surface area contributed by atoms with Crippen LogP contribution in [0.15, 0.2) is 47.5 Å². The molecular weight excluding hydrogens is 443 g/mol. The van der Waals surface area contributed by atoms with Gasteiger partial charge in [-0.1, -0.05) is 44.2 Å². The normalized spacial score (nSPS) is 24.2. The lowest BCUT2D eigenvalue weighted by molar-refractivity contribution is -0.132. The van der Waals surface area contributed by atoms with Crippen molar-refractivity contribution in [2.24, 2.45) is 22.6 Å². The van der Waals surface area contributed by atoms with Crippen LogP contribution in [0.25, 0.3) is 0 Å². The minimum absolute atomic E-state index is 0.0665. The van der Waals surface area contributed by atoms with Crippen molar-refractivity contribution in [1.29, 1.82) is 0 Å². The van der Waals surface area contributed by atoms with E-state index in [1.54, 1.807) is 18.2 Å². The van der Waals surface area contributed by atoms with E-state index in [0.717, 1.165) is 18.7 Å². The fourth-order valence-corrected chi connectivity index (χ4v) is 5.81. The smallest absolute Gasteiger partial charge is 0.266 e. The summed E-state index contributed by atoms with van der Waals surface area (Å²) < 4.78 is 14.9. The summed E-state index contributed by atoms with van der Waals surface area (Å²) in [5.41, 5.74) is 9.01. The number of carbonyl (C=O) groups is 2. The number of aliphatic imine (C=N–C) groups is 1. The number of hydrogen-bond acceptors (Lipinski definition) is 4. The number of benzene rings is 2. The van der Waals surface area contributed by atoms with Gasteiger partial charge in [0.05, 0.1) is 11.4 Å². The number of fused-ring (bicyclic) bond motifs is 5. The van der Waals surface area contributed by atoms with Gasteiger partial charge in [0, 0.05) is 24.2 Å². The van der Waals surface area contributed by atoms with E-state index in [0.29, 0.717) is 28.8 Å². The zero-order chi connectivity index (χ0) is 24.7. The first-order chi connectivity index (χ1) is 16.8. The van der Waals surface area contributed by atoms with Gasteiger partial charge < -0.3 is 10.6 Å². The Morgan fingerprint density at radius 3 is 2.29 bits per heavy atom. The second kappa shape index (κ2) is 9.53. The molecule has 0 unspecified atom stereocenters. The van der Waals surface area contributed by atoms with Gasteiger partial charge in [0.15, 0.2) is 6.17 Å². The number of halogens is 1. The largest absolute Gasteiger partial charge is 0.341 e. The van der Waals surface area contributed by atoms with Crippen LogP contribution in [0.1, 0.15) is 62.1 Å². The maximum atomic E-state index is 14.9. The molecule has 3 heterocycles. The Balaban J connectivity index is 1.58. The highest BCUT2D eigenvalue weighted by Crippen LogP contribution is 2.37. The maximum absolute atomic E-state index is 14.9. The fraction of sp³-hybridized carbons (Fsp3) is 0.464. The van der Waals surface area contributed by atoms with E-state index in [1.807, 2.05) is 36.9 Å². The molecule has 1 atom stereocenters. The number of amides is 2. The molecule has 2 N–H and O–H groups in total. The molecule has 35 heavy (non-hydrogen) atoms. The molecule has 2 aromatic rings. The molecule has 2 saturated heterocycles. The van der Waals surface area contributed by atoms with Crippen molar-refractivity contribution >= 4 is 23.2 Å². The van der Waals surface area contributed by atoms with Crippen LogP contribution in [-0.4, -0.2) is 48.2 Å². The van der Waals surface area contributed by atoms with Crippen molar-refractivity contribution in [3.63, 3.8) is 0 Å². The number of nitrogens with zero attached hydrogens (tertiary/aromatic N) is 3. The molecule has 6 rings (SSSR count). The van der Waals surface area contributed by atoms with E-state index in [1.165, 1.54) is 36.6 Å². The summed E-state index contributed by atoms with van der Waals surface area (Å²) in [5, 5.41) is 0. The number of anilines is 1. The summed E-state index contributed by atoms with van der Waals surface area (Å²) in [7, 11) is 0. The molecule has 2 amide bonds. The van der Waals surface area contributed by atoms with E-state index >= 15 is 0 Å². The van der Waals surface area contributed by atoms with Crippen LogP contribution < -0.4 is 10.6 Å². The standard InChI is InChI=1S/C28H33FN4O2/c1-17(2)20-7-5-8-22-25(21-6-3-4-9-23(21)29)31-27(30)28(35)33(26(20)22)16-24(34)32-14-18-10-11-19(15-32)13-12-18/h3-9,17-19,27H,10-16,30H2,1-2H3/t18?,19?,27-/m0/s1. The minimum atomic E-state index is -1.23. The molecule has 3 aliphatic heterocycles. The molecule has 0 aromatic heterocycles. The van der Waals surface area contributed by atoms with Crippen LogP contribution in [-0.2, 0) is 9.59 Å². The Bertz CT molecular complexity index is 1160. The van der Waals surface area contributed by atoms with Crippen molar-refractivity contribution in [2.75, 3.05) is 24.5 Å². The van der Waals surface area contributed by atoms with Crippen molar-refractivity contribution in [1.82, 2.24) is 4.90 Å². The predicted molar refractivity (Wildman–Crippen MR) is 135 cm³/mol.